The molecule has 1 amide bonds. The van der Waals surface area contributed by atoms with E-state index in [4.69, 9.17) is 9.29 Å². The quantitative estimate of drug-likeness (QED) is 0.641. The van der Waals surface area contributed by atoms with Crippen LogP contribution in [0.1, 0.15) is 32.8 Å². The molecular weight excluding hydrogens is 306 g/mol. The number of alkyl carbamates (subject to hydrolysis) is 1. The van der Waals surface area contributed by atoms with Gasteiger partial charge >= 0.3 is 6.09 Å². The fourth-order valence-electron chi connectivity index (χ4n) is 1.64. The Kier molecular flexibility index (Phi) is 6.13. The van der Waals surface area contributed by atoms with Crippen molar-refractivity contribution >= 4 is 22.3 Å². The molecule has 0 unspecified atom stereocenters. The third kappa shape index (κ3) is 6.73. The van der Waals surface area contributed by atoms with Crippen LogP contribution < -0.4 is 5.32 Å². The van der Waals surface area contributed by atoms with E-state index in [2.05, 4.69) is 5.32 Å². The molecule has 0 aromatic heterocycles. The zero-order chi connectivity index (χ0) is 16.8. The number of rotatable bonds is 5. The largest absolute Gasteiger partial charge is 0.444 e. The first kappa shape index (κ1) is 18.2. The van der Waals surface area contributed by atoms with Gasteiger partial charge in [-0.05, 0) is 38.8 Å². The maximum absolute atomic E-state index is 11.4. The number of ether oxygens (including phenoxy) is 1. The Hall–Kier alpha value is -1.86. The highest BCUT2D eigenvalue weighted by Gasteiger charge is 2.15. The first-order valence-corrected chi connectivity index (χ1v) is 8.23. The van der Waals surface area contributed by atoms with Crippen LogP contribution in [0, 0.1) is 0 Å². The molecule has 7 heteroatoms. The summed E-state index contributed by atoms with van der Waals surface area (Å²) in [6, 6.07) is 6.12. The molecule has 6 nitrogen and oxygen atoms in total. The zero-order valence-electron chi connectivity index (χ0n) is 12.9. The van der Waals surface area contributed by atoms with Crippen molar-refractivity contribution in [2.24, 2.45) is 0 Å². The number of carbonyl (C=O) groups is 1. The van der Waals surface area contributed by atoms with Crippen molar-refractivity contribution in [3.63, 3.8) is 0 Å². The smallest absolute Gasteiger partial charge is 0.407 e. The Morgan fingerprint density at radius 1 is 1.32 bits per heavy atom. The van der Waals surface area contributed by atoms with Gasteiger partial charge in [0.25, 0.3) is 10.1 Å². The van der Waals surface area contributed by atoms with Crippen LogP contribution in [0.25, 0.3) is 6.08 Å². The fourth-order valence-corrected chi connectivity index (χ4v) is 2.32. The molecule has 0 bridgehead atoms. The van der Waals surface area contributed by atoms with Crippen LogP contribution in [0.3, 0.4) is 0 Å². The molecule has 1 aromatic rings. The molecule has 0 fully saturated rings. The summed E-state index contributed by atoms with van der Waals surface area (Å²) in [7, 11) is -4.25. The van der Waals surface area contributed by atoms with Gasteiger partial charge in [0.05, 0.1) is 0 Å². The lowest BCUT2D eigenvalue weighted by molar-refractivity contribution is 0.0529. The number of carbonyl (C=O) groups excluding carboxylic acids is 1. The lowest BCUT2D eigenvalue weighted by Crippen LogP contribution is -2.32. The van der Waals surface area contributed by atoms with Gasteiger partial charge in [-0.2, -0.15) is 8.42 Å². The van der Waals surface area contributed by atoms with Gasteiger partial charge in [-0.25, -0.2) is 4.79 Å². The number of hydrogen-bond acceptors (Lipinski definition) is 4. The average Bonchev–Trinajstić information content (AvgIpc) is 2.35. The van der Waals surface area contributed by atoms with Crippen molar-refractivity contribution in [3.05, 3.63) is 35.9 Å². The molecule has 1 aromatic carbocycles. The molecule has 0 aliphatic rings. The molecule has 0 heterocycles. The summed E-state index contributed by atoms with van der Waals surface area (Å²) in [5, 5.41) is 2.59. The summed E-state index contributed by atoms with van der Waals surface area (Å²) in [4.78, 5) is 11.3. The number of nitrogens with one attached hydrogen (secondary N) is 1. The van der Waals surface area contributed by atoms with Crippen LogP contribution in [0.5, 0.6) is 0 Å². The van der Waals surface area contributed by atoms with Gasteiger partial charge in [0.15, 0.2) is 0 Å². The van der Waals surface area contributed by atoms with Crippen LogP contribution in [0.2, 0.25) is 0 Å². The van der Waals surface area contributed by atoms with Gasteiger partial charge in [-0.3, -0.25) is 4.55 Å². The van der Waals surface area contributed by atoms with Crippen LogP contribution >= 0.6 is 0 Å². The second-order valence-electron chi connectivity index (χ2n) is 5.63. The number of amides is 1. The lowest BCUT2D eigenvalue weighted by atomic mass is 10.2. The highest BCUT2D eigenvalue weighted by atomic mass is 32.2. The second kappa shape index (κ2) is 7.42. The molecule has 0 atom stereocenters. The summed E-state index contributed by atoms with van der Waals surface area (Å²) >= 11 is 0. The molecule has 22 heavy (non-hydrogen) atoms. The molecule has 0 spiro atoms. The maximum atomic E-state index is 11.4. The molecule has 0 aliphatic carbocycles. The highest BCUT2D eigenvalue weighted by molar-refractivity contribution is 7.85. The highest BCUT2D eigenvalue weighted by Crippen LogP contribution is 2.16. The van der Waals surface area contributed by atoms with E-state index in [-0.39, 0.29) is 4.90 Å². The average molecular weight is 327 g/mol. The van der Waals surface area contributed by atoms with Crippen molar-refractivity contribution in [3.8, 4) is 0 Å². The monoisotopic (exact) mass is 327 g/mol. The zero-order valence-corrected chi connectivity index (χ0v) is 13.7. The maximum Gasteiger partial charge on any atom is 0.407 e. The van der Waals surface area contributed by atoms with Gasteiger partial charge in [0, 0.05) is 6.54 Å². The molecule has 1 rings (SSSR count). The molecule has 0 saturated carbocycles. The third-order valence-corrected chi connectivity index (χ3v) is 3.40. The lowest BCUT2D eigenvalue weighted by Gasteiger charge is -2.19. The molecule has 0 radical (unpaired) electrons. The molecule has 0 saturated heterocycles. The predicted molar refractivity (Wildman–Crippen MR) is 84.1 cm³/mol. The topological polar surface area (TPSA) is 92.7 Å². The predicted octanol–water partition coefficient (Wildman–Crippen LogP) is 2.86. The van der Waals surface area contributed by atoms with E-state index in [0.29, 0.717) is 18.5 Å². The van der Waals surface area contributed by atoms with E-state index in [0.717, 1.165) is 0 Å². The SMILES string of the molecule is CC(C)(C)OC(=O)NCCC=Cc1ccccc1S(=O)(=O)O. The molecule has 122 valence electrons. The minimum atomic E-state index is -4.25. The van der Waals surface area contributed by atoms with Gasteiger partial charge in [0.2, 0.25) is 0 Å². The number of hydrogen-bond donors (Lipinski definition) is 2. The Bertz CT molecular complexity index is 644. The first-order valence-electron chi connectivity index (χ1n) is 6.79. The van der Waals surface area contributed by atoms with Crippen molar-refractivity contribution in [1.82, 2.24) is 5.32 Å². The van der Waals surface area contributed by atoms with Crippen LogP contribution in [0.4, 0.5) is 4.79 Å². The first-order chi connectivity index (χ1) is 10.1. The second-order valence-corrected chi connectivity index (χ2v) is 7.02. The van der Waals surface area contributed by atoms with Crippen LogP contribution in [-0.4, -0.2) is 31.2 Å². The van der Waals surface area contributed by atoms with Gasteiger partial charge in [-0.15, -0.1) is 0 Å². The van der Waals surface area contributed by atoms with E-state index in [9.17, 15) is 13.2 Å². The van der Waals surface area contributed by atoms with Crippen LogP contribution in [0.15, 0.2) is 35.2 Å². The normalized spacial score (nSPS) is 12.4. The van der Waals surface area contributed by atoms with Crippen molar-refractivity contribution in [2.75, 3.05) is 6.54 Å². The van der Waals surface area contributed by atoms with Gasteiger partial charge < -0.3 is 10.1 Å². The summed E-state index contributed by atoms with van der Waals surface area (Å²) < 4.78 is 36.6. The third-order valence-electron chi connectivity index (χ3n) is 2.47. The standard InChI is InChI=1S/C15H21NO5S/c1-15(2,3)21-14(17)16-11-7-6-9-12-8-4-5-10-13(12)22(18,19)20/h4-6,8-10H,7,11H2,1-3H3,(H,16,17)(H,18,19,20). The van der Waals surface area contributed by atoms with Crippen molar-refractivity contribution in [2.45, 2.75) is 37.7 Å². The summed E-state index contributed by atoms with van der Waals surface area (Å²) in [5.41, 5.74) is -0.156. The molecule has 2 N–H and O–H groups in total. The van der Waals surface area contributed by atoms with Gasteiger partial charge in [0.1, 0.15) is 10.5 Å². The molecular formula is C15H21NO5S. The number of benzene rings is 1. The van der Waals surface area contributed by atoms with Crippen molar-refractivity contribution < 1.29 is 22.5 Å². The summed E-state index contributed by atoms with van der Waals surface area (Å²) in [5.74, 6) is 0. The van der Waals surface area contributed by atoms with E-state index in [1.165, 1.54) is 12.1 Å². The fraction of sp³-hybridized carbons (Fsp3) is 0.400. The molecule has 0 aliphatic heterocycles. The van der Waals surface area contributed by atoms with E-state index >= 15 is 0 Å². The summed E-state index contributed by atoms with van der Waals surface area (Å²) in [6.07, 6.45) is 3.29. The Morgan fingerprint density at radius 3 is 2.55 bits per heavy atom. The van der Waals surface area contributed by atoms with E-state index in [1.807, 2.05) is 0 Å². The van der Waals surface area contributed by atoms with Crippen LogP contribution in [-0.2, 0) is 14.9 Å². The van der Waals surface area contributed by atoms with E-state index in [1.54, 1.807) is 45.1 Å². The Labute approximate surface area is 130 Å². The Balaban J connectivity index is 2.53. The van der Waals surface area contributed by atoms with Crippen molar-refractivity contribution in [1.29, 1.82) is 0 Å². The van der Waals surface area contributed by atoms with Gasteiger partial charge in [-0.1, -0.05) is 30.4 Å². The Morgan fingerprint density at radius 2 is 1.95 bits per heavy atom. The van der Waals surface area contributed by atoms with E-state index < -0.39 is 21.8 Å². The summed E-state index contributed by atoms with van der Waals surface area (Å²) in [6.45, 7) is 5.69. The minimum Gasteiger partial charge on any atom is -0.444 e. The minimum absolute atomic E-state index is 0.147.